The second-order valence-corrected chi connectivity index (χ2v) is 21.7. The molecule has 11 heteroatoms. The molecule has 206 valence electrons. The van der Waals surface area contributed by atoms with Gasteiger partial charge in [0.15, 0.2) is 20.1 Å². The summed E-state index contributed by atoms with van der Waals surface area (Å²) in [7, 11) is -4.44. The summed E-state index contributed by atoms with van der Waals surface area (Å²) in [6, 6.07) is 10.1. The number of nitrogens with zero attached hydrogens (tertiary/aromatic N) is 2. The third kappa shape index (κ3) is 6.51. The van der Waals surface area contributed by atoms with E-state index < -0.39 is 58.6 Å². The van der Waals surface area contributed by atoms with Crippen molar-refractivity contribution in [2.24, 2.45) is 0 Å². The molecule has 1 aromatic carbocycles. The molecule has 1 fully saturated rings. The van der Waals surface area contributed by atoms with Crippen LogP contribution in [0.15, 0.2) is 47.4 Å². The Morgan fingerprint density at radius 3 is 2.34 bits per heavy atom. The van der Waals surface area contributed by atoms with Crippen molar-refractivity contribution in [2.45, 2.75) is 82.6 Å². The first-order valence-electron chi connectivity index (χ1n) is 12.6. The van der Waals surface area contributed by atoms with Gasteiger partial charge in [-0.25, -0.2) is 4.79 Å². The Balaban J connectivity index is 2.03. The molecule has 9 nitrogen and oxygen atoms in total. The van der Waals surface area contributed by atoms with Crippen LogP contribution >= 0.6 is 0 Å². The molecule has 3 rings (SSSR count). The van der Waals surface area contributed by atoms with E-state index >= 15 is 0 Å². The van der Waals surface area contributed by atoms with Crippen LogP contribution in [0.1, 0.15) is 37.4 Å². The van der Waals surface area contributed by atoms with Crippen LogP contribution in [0.3, 0.4) is 0 Å². The van der Waals surface area contributed by atoms with Crippen LogP contribution < -0.4 is 11.0 Å². The average molecular weight is 558 g/mol. The topological polar surface area (TPSA) is 123 Å². The molecule has 1 saturated heterocycles. The molecule has 1 aliphatic rings. The summed E-state index contributed by atoms with van der Waals surface area (Å²) < 4.78 is 13.9. The Morgan fingerprint density at radius 2 is 1.82 bits per heavy atom. The molecule has 1 amide bonds. The van der Waals surface area contributed by atoms with Crippen molar-refractivity contribution < 1.29 is 24.2 Å². The van der Waals surface area contributed by atoms with Gasteiger partial charge in [0.25, 0.3) is 5.91 Å². The molecule has 38 heavy (non-hydrogen) atoms. The molecule has 0 spiro atoms. The van der Waals surface area contributed by atoms with Crippen molar-refractivity contribution >= 4 is 28.1 Å². The Morgan fingerprint density at radius 1 is 1.18 bits per heavy atom. The molecule has 4 atom stereocenters. The zero-order chi connectivity index (χ0) is 28.5. The zero-order valence-corrected chi connectivity index (χ0v) is 25.4. The number of ether oxygens (including phenoxy) is 1. The van der Waals surface area contributed by atoms with Gasteiger partial charge >= 0.3 is 5.69 Å². The first-order chi connectivity index (χ1) is 17.5. The lowest BCUT2D eigenvalue weighted by molar-refractivity contribution is -0.0624. The van der Waals surface area contributed by atoms with Gasteiger partial charge in [0.2, 0.25) is 0 Å². The number of benzene rings is 1. The van der Waals surface area contributed by atoms with Gasteiger partial charge in [-0.05, 0) is 36.3 Å². The minimum absolute atomic E-state index is 0.0764. The van der Waals surface area contributed by atoms with E-state index in [-0.39, 0.29) is 10.9 Å². The number of carbonyl (C=O) groups is 1. The minimum atomic E-state index is -2.51. The van der Waals surface area contributed by atoms with Crippen LogP contribution in [0.5, 0.6) is 0 Å². The number of rotatable bonds is 6. The fourth-order valence-electron chi connectivity index (χ4n) is 3.67. The Bertz CT molecular complexity index is 1270. The number of aliphatic hydroxyl groups is 2. The molecule has 0 aliphatic carbocycles. The standard InChI is InChI=1S/C27H39N3O6Si2/c1-26(2,3)38(7,8)36-22-24(35-20(18-31)27(22,34)15-17-37(4,5)6)30-16-14-21(29-25(30)33)28-23(32)19-12-10-9-11-13-19/h9-14,16,20,22,24,31,34H,18H2,1-8H3,(H,28,29,32,33)/t20-,22+,24-,27-/m1/s1. The fourth-order valence-corrected chi connectivity index (χ4v) is 5.53. The second kappa shape index (κ2) is 10.9. The number of carbonyl (C=O) groups excluding carboxylic acids is 1. The molecule has 2 aromatic rings. The maximum absolute atomic E-state index is 13.2. The summed E-state index contributed by atoms with van der Waals surface area (Å²) in [5, 5.41) is 24.5. The maximum atomic E-state index is 13.2. The van der Waals surface area contributed by atoms with Crippen LogP contribution in [0, 0.1) is 11.5 Å². The van der Waals surface area contributed by atoms with E-state index in [2.05, 4.69) is 42.5 Å². The van der Waals surface area contributed by atoms with Gasteiger partial charge in [0, 0.05) is 11.8 Å². The largest absolute Gasteiger partial charge is 0.405 e. The molecule has 1 aliphatic heterocycles. The van der Waals surface area contributed by atoms with Gasteiger partial charge in [0.1, 0.15) is 26.1 Å². The molecular formula is C27H39N3O6Si2. The Kier molecular flexibility index (Phi) is 8.57. The van der Waals surface area contributed by atoms with E-state index in [1.165, 1.54) is 16.8 Å². The second-order valence-electron chi connectivity index (χ2n) is 12.1. The van der Waals surface area contributed by atoms with Crippen LogP contribution in [0.4, 0.5) is 5.82 Å². The lowest BCUT2D eigenvalue weighted by atomic mass is 9.93. The van der Waals surface area contributed by atoms with Gasteiger partial charge in [0.05, 0.1) is 6.61 Å². The summed E-state index contributed by atoms with van der Waals surface area (Å²) in [6.07, 6.45) is -1.82. The highest BCUT2D eigenvalue weighted by Crippen LogP contribution is 2.45. The third-order valence-corrected chi connectivity index (χ3v) is 12.2. The van der Waals surface area contributed by atoms with Gasteiger partial charge in [-0.2, -0.15) is 4.98 Å². The number of nitrogens with one attached hydrogen (secondary N) is 1. The molecule has 2 heterocycles. The van der Waals surface area contributed by atoms with Crippen molar-refractivity contribution in [3.05, 3.63) is 58.6 Å². The normalized spacial score (nSPS) is 24.0. The zero-order valence-electron chi connectivity index (χ0n) is 23.4. The first kappa shape index (κ1) is 30.0. The fraction of sp³-hybridized carbons (Fsp3) is 0.519. The molecule has 0 bridgehead atoms. The number of aliphatic hydroxyl groups excluding tert-OH is 1. The van der Waals surface area contributed by atoms with Crippen LogP contribution in [0.25, 0.3) is 0 Å². The first-order valence-corrected chi connectivity index (χ1v) is 19.1. The molecule has 1 aromatic heterocycles. The average Bonchev–Trinajstić information content (AvgIpc) is 3.08. The third-order valence-electron chi connectivity index (χ3n) is 6.90. The smallest absolute Gasteiger partial charge is 0.351 e. The summed E-state index contributed by atoms with van der Waals surface area (Å²) in [5.74, 6) is 2.66. The predicted octanol–water partition coefficient (Wildman–Crippen LogP) is 3.39. The highest BCUT2D eigenvalue weighted by Gasteiger charge is 2.59. The van der Waals surface area contributed by atoms with Gasteiger partial charge in [-0.15, -0.1) is 5.54 Å². The summed E-state index contributed by atoms with van der Waals surface area (Å²) in [5.41, 5.74) is 1.06. The molecule has 3 N–H and O–H groups in total. The number of anilines is 1. The highest BCUT2D eigenvalue weighted by atomic mass is 28.4. The van der Waals surface area contributed by atoms with E-state index in [0.29, 0.717) is 5.56 Å². The van der Waals surface area contributed by atoms with Gasteiger partial charge in [-0.3, -0.25) is 9.36 Å². The van der Waals surface area contributed by atoms with Crippen LogP contribution in [-0.2, 0) is 9.16 Å². The number of amides is 1. The predicted molar refractivity (Wildman–Crippen MR) is 152 cm³/mol. The Labute approximate surface area is 226 Å². The Hall–Kier alpha value is -2.60. The van der Waals surface area contributed by atoms with Crippen LogP contribution in [0.2, 0.25) is 37.8 Å². The van der Waals surface area contributed by atoms with Crippen LogP contribution in [-0.4, -0.2) is 66.5 Å². The lowest BCUT2D eigenvalue weighted by Crippen LogP contribution is -2.55. The van der Waals surface area contributed by atoms with Crippen molar-refractivity contribution in [1.82, 2.24) is 9.55 Å². The highest BCUT2D eigenvalue weighted by molar-refractivity contribution is 6.83. The van der Waals surface area contributed by atoms with Crippen molar-refractivity contribution in [3.8, 4) is 11.5 Å². The summed E-state index contributed by atoms with van der Waals surface area (Å²) in [6.45, 7) is 15.9. The summed E-state index contributed by atoms with van der Waals surface area (Å²) in [4.78, 5) is 29.7. The van der Waals surface area contributed by atoms with E-state index in [1.807, 2.05) is 32.7 Å². The maximum Gasteiger partial charge on any atom is 0.351 e. The van der Waals surface area contributed by atoms with Gasteiger partial charge in [-0.1, -0.05) is 64.5 Å². The lowest BCUT2D eigenvalue weighted by Gasteiger charge is -2.42. The monoisotopic (exact) mass is 557 g/mol. The number of hydrogen-bond acceptors (Lipinski definition) is 7. The number of hydrogen-bond donors (Lipinski definition) is 3. The molecule has 0 unspecified atom stereocenters. The quantitative estimate of drug-likeness (QED) is 0.368. The van der Waals surface area contributed by atoms with Gasteiger partial charge < -0.3 is 24.7 Å². The van der Waals surface area contributed by atoms with Crippen molar-refractivity contribution in [1.29, 1.82) is 0 Å². The SMILES string of the molecule is CC(C)(C)[Si](C)(C)O[C@H]1[C@H](n2ccc(NC(=O)c3ccccc3)nc2=O)O[C@H](CO)[C@]1(O)C#C[Si](C)(C)C. The minimum Gasteiger partial charge on any atom is -0.405 e. The van der Waals surface area contributed by atoms with E-state index in [0.717, 1.165) is 0 Å². The number of aromatic nitrogens is 2. The molecule has 0 radical (unpaired) electrons. The van der Waals surface area contributed by atoms with E-state index in [9.17, 15) is 19.8 Å². The molecule has 0 saturated carbocycles. The molecular weight excluding hydrogens is 518 g/mol. The van der Waals surface area contributed by atoms with E-state index in [1.54, 1.807) is 30.3 Å². The van der Waals surface area contributed by atoms with Crippen molar-refractivity contribution in [2.75, 3.05) is 11.9 Å². The van der Waals surface area contributed by atoms with E-state index in [4.69, 9.17) is 9.16 Å². The summed E-state index contributed by atoms with van der Waals surface area (Å²) >= 11 is 0. The van der Waals surface area contributed by atoms with Crippen molar-refractivity contribution in [3.63, 3.8) is 0 Å².